The predicted molar refractivity (Wildman–Crippen MR) is 81.0 cm³/mol. The minimum Gasteiger partial charge on any atom is -0.488 e. The monoisotopic (exact) mass is 313 g/mol. The molecule has 0 amide bonds. The Morgan fingerprint density at radius 2 is 1.94 bits per heavy atom. The highest BCUT2D eigenvalue weighted by Crippen LogP contribution is 2.29. The van der Waals surface area contributed by atoms with Gasteiger partial charge < -0.3 is 10.5 Å². The Balaban J connectivity index is 2.93. The minimum absolute atomic E-state index is 0.0167. The fraction of sp³-hybridized carbons (Fsp3) is 0.600. The molecule has 0 aliphatic rings. The number of halogens is 1. The van der Waals surface area contributed by atoms with Gasteiger partial charge in [-0.3, -0.25) is 0 Å². The molecule has 1 aromatic rings. The molecule has 0 fully saturated rings. The van der Waals surface area contributed by atoms with Crippen LogP contribution in [0, 0.1) is 12.3 Å². The lowest BCUT2D eigenvalue weighted by molar-refractivity contribution is 0.0621. The van der Waals surface area contributed by atoms with Crippen molar-refractivity contribution in [1.29, 1.82) is 0 Å². The van der Waals surface area contributed by atoms with Gasteiger partial charge >= 0.3 is 0 Å². The van der Waals surface area contributed by atoms with Crippen molar-refractivity contribution in [1.82, 2.24) is 0 Å². The Morgan fingerprint density at radius 3 is 2.39 bits per heavy atom. The first kappa shape index (κ1) is 15.5. The maximum absolute atomic E-state index is 6.18. The summed E-state index contributed by atoms with van der Waals surface area (Å²) in [6, 6.07) is 6.10. The van der Waals surface area contributed by atoms with Crippen LogP contribution in [0.1, 0.15) is 39.7 Å². The molecule has 0 saturated heterocycles. The van der Waals surface area contributed by atoms with Crippen LogP contribution >= 0.6 is 15.9 Å². The van der Waals surface area contributed by atoms with E-state index in [-0.39, 0.29) is 17.6 Å². The van der Waals surface area contributed by atoms with Crippen LogP contribution in [0.4, 0.5) is 0 Å². The van der Waals surface area contributed by atoms with Crippen molar-refractivity contribution in [2.45, 2.75) is 53.2 Å². The number of hydrogen-bond acceptors (Lipinski definition) is 2. The third-order valence-electron chi connectivity index (χ3n) is 3.11. The van der Waals surface area contributed by atoms with Crippen LogP contribution in [-0.2, 0) is 0 Å². The van der Waals surface area contributed by atoms with Gasteiger partial charge in [-0.25, -0.2) is 0 Å². The summed E-state index contributed by atoms with van der Waals surface area (Å²) in [6.07, 6.45) is 0.931. The molecule has 2 N–H and O–H groups in total. The average Bonchev–Trinajstić information content (AvgIpc) is 2.28. The largest absolute Gasteiger partial charge is 0.488 e. The lowest BCUT2D eigenvalue weighted by Crippen LogP contribution is -2.47. The third-order valence-corrected chi connectivity index (χ3v) is 4.00. The molecule has 3 heteroatoms. The van der Waals surface area contributed by atoms with Gasteiger partial charge in [-0.2, -0.15) is 0 Å². The number of hydrogen-bond donors (Lipinski definition) is 1. The van der Waals surface area contributed by atoms with E-state index in [1.165, 1.54) is 5.56 Å². The molecule has 0 aliphatic heterocycles. The van der Waals surface area contributed by atoms with E-state index < -0.39 is 0 Å². The van der Waals surface area contributed by atoms with Gasteiger partial charge in [-0.05, 0) is 37.1 Å². The first-order chi connectivity index (χ1) is 8.25. The van der Waals surface area contributed by atoms with E-state index in [1.807, 2.05) is 18.2 Å². The van der Waals surface area contributed by atoms with E-state index in [0.717, 1.165) is 16.6 Å². The van der Waals surface area contributed by atoms with Gasteiger partial charge in [0.05, 0.1) is 0 Å². The van der Waals surface area contributed by atoms with Crippen molar-refractivity contribution < 1.29 is 4.74 Å². The van der Waals surface area contributed by atoms with E-state index in [9.17, 15) is 0 Å². The molecule has 0 bridgehead atoms. The molecule has 0 aliphatic carbocycles. The smallest absolute Gasteiger partial charge is 0.120 e. The first-order valence-electron chi connectivity index (χ1n) is 6.44. The Kier molecular flexibility index (Phi) is 5.23. The second-order valence-corrected chi connectivity index (χ2v) is 6.74. The van der Waals surface area contributed by atoms with Crippen molar-refractivity contribution in [2.24, 2.45) is 11.1 Å². The molecule has 1 rings (SSSR count). The fourth-order valence-corrected chi connectivity index (χ4v) is 2.20. The molecule has 2 atom stereocenters. The number of nitrogens with two attached hydrogens (primary N) is 1. The van der Waals surface area contributed by atoms with Gasteiger partial charge in [0.25, 0.3) is 0 Å². The summed E-state index contributed by atoms with van der Waals surface area (Å²) in [5.74, 6) is 0.888. The molecular formula is C15H24BrNO. The highest BCUT2D eigenvalue weighted by atomic mass is 79.9. The molecular weight excluding hydrogens is 290 g/mol. The Bertz CT molecular complexity index is 398. The van der Waals surface area contributed by atoms with Crippen molar-refractivity contribution >= 4 is 15.9 Å². The summed E-state index contributed by atoms with van der Waals surface area (Å²) in [6.45, 7) is 10.7. The topological polar surface area (TPSA) is 35.2 Å². The van der Waals surface area contributed by atoms with Crippen LogP contribution in [0.25, 0.3) is 0 Å². The summed E-state index contributed by atoms with van der Waals surface area (Å²) in [5.41, 5.74) is 7.38. The van der Waals surface area contributed by atoms with Crippen LogP contribution in [0.15, 0.2) is 22.7 Å². The zero-order valence-corrected chi connectivity index (χ0v) is 13.5. The summed E-state index contributed by atoms with van der Waals surface area (Å²) < 4.78 is 7.22. The molecule has 1 aromatic carbocycles. The number of aryl methyl sites for hydroxylation is 1. The van der Waals surface area contributed by atoms with Crippen LogP contribution in [0.5, 0.6) is 5.75 Å². The zero-order chi connectivity index (χ0) is 13.9. The second-order valence-electron chi connectivity index (χ2n) is 5.89. The Morgan fingerprint density at radius 1 is 1.33 bits per heavy atom. The van der Waals surface area contributed by atoms with E-state index in [2.05, 4.69) is 50.5 Å². The quantitative estimate of drug-likeness (QED) is 0.900. The second kappa shape index (κ2) is 6.07. The molecule has 0 spiro atoms. The lowest BCUT2D eigenvalue weighted by atomic mass is 9.84. The van der Waals surface area contributed by atoms with Gasteiger partial charge in [0.1, 0.15) is 11.9 Å². The maximum atomic E-state index is 6.18. The highest BCUT2D eigenvalue weighted by Gasteiger charge is 2.31. The predicted octanol–water partition coefficient (Wildman–Crippen LogP) is 4.29. The molecule has 0 aromatic heterocycles. The maximum Gasteiger partial charge on any atom is 0.120 e. The van der Waals surface area contributed by atoms with Crippen molar-refractivity contribution in [3.05, 3.63) is 28.2 Å². The first-order valence-corrected chi connectivity index (χ1v) is 7.23. The lowest BCUT2D eigenvalue weighted by Gasteiger charge is -2.35. The summed E-state index contributed by atoms with van der Waals surface area (Å²) in [5, 5.41) is 0. The third kappa shape index (κ3) is 3.99. The number of rotatable bonds is 4. The average molecular weight is 314 g/mol. The molecule has 2 nitrogen and oxygen atoms in total. The van der Waals surface area contributed by atoms with Crippen LogP contribution < -0.4 is 10.5 Å². The van der Waals surface area contributed by atoms with E-state index in [4.69, 9.17) is 10.5 Å². The van der Waals surface area contributed by atoms with Crippen LogP contribution in [0.3, 0.4) is 0 Å². The van der Waals surface area contributed by atoms with Crippen molar-refractivity contribution in [3.63, 3.8) is 0 Å². The van der Waals surface area contributed by atoms with Crippen LogP contribution in [0.2, 0.25) is 0 Å². The highest BCUT2D eigenvalue weighted by molar-refractivity contribution is 9.10. The normalized spacial score (nSPS) is 15.3. The molecule has 0 radical (unpaired) electrons. The molecule has 0 heterocycles. The molecule has 18 heavy (non-hydrogen) atoms. The Labute approximate surface area is 119 Å². The molecule has 102 valence electrons. The van der Waals surface area contributed by atoms with Gasteiger partial charge in [0.15, 0.2) is 0 Å². The van der Waals surface area contributed by atoms with E-state index in [0.29, 0.717) is 0 Å². The number of benzene rings is 1. The molecule has 0 saturated carbocycles. The Hall–Kier alpha value is -0.540. The zero-order valence-electron chi connectivity index (χ0n) is 12.0. The standard InChI is InChI=1S/C15H24BrNO/c1-6-13(17)14(15(3,4)5)18-11-7-8-12(16)10(2)9-11/h7-9,13-14H,6,17H2,1-5H3. The summed E-state index contributed by atoms with van der Waals surface area (Å²) in [4.78, 5) is 0. The van der Waals surface area contributed by atoms with Crippen molar-refractivity contribution in [3.8, 4) is 5.75 Å². The van der Waals surface area contributed by atoms with Crippen molar-refractivity contribution in [2.75, 3.05) is 0 Å². The van der Waals surface area contributed by atoms with Gasteiger partial charge in [-0.1, -0.05) is 43.6 Å². The van der Waals surface area contributed by atoms with Gasteiger partial charge in [0.2, 0.25) is 0 Å². The van der Waals surface area contributed by atoms with Crippen LogP contribution in [-0.4, -0.2) is 12.1 Å². The summed E-state index contributed by atoms with van der Waals surface area (Å²) >= 11 is 3.50. The summed E-state index contributed by atoms with van der Waals surface area (Å²) in [7, 11) is 0. The van der Waals surface area contributed by atoms with E-state index in [1.54, 1.807) is 0 Å². The van der Waals surface area contributed by atoms with Gasteiger partial charge in [0, 0.05) is 15.9 Å². The van der Waals surface area contributed by atoms with E-state index >= 15 is 0 Å². The minimum atomic E-state index is 0.0167. The fourth-order valence-electron chi connectivity index (χ4n) is 1.96. The molecule has 2 unspecified atom stereocenters. The van der Waals surface area contributed by atoms with Gasteiger partial charge in [-0.15, -0.1) is 0 Å². The SMILES string of the molecule is CCC(N)C(Oc1ccc(Br)c(C)c1)C(C)(C)C. The number of ether oxygens (including phenoxy) is 1.